The highest BCUT2D eigenvalue weighted by Crippen LogP contribution is 2.43. The van der Waals surface area contributed by atoms with E-state index in [0.29, 0.717) is 13.0 Å². The number of carbonyl (C=O) groups excluding carboxylic acids is 1. The van der Waals surface area contributed by atoms with Gasteiger partial charge in [0.2, 0.25) is 0 Å². The third-order valence-electron chi connectivity index (χ3n) is 9.28. The van der Waals surface area contributed by atoms with Crippen molar-refractivity contribution >= 4 is 19.8 Å². The lowest BCUT2D eigenvalue weighted by Gasteiger charge is -2.20. The fourth-order valence-corrected chi connectivity index (χ4v) is 6.59. The third-order valence-corrected chi connectivity index (χ3v) is 10.2. The Bertz CT molecular complexity index is 1140. The number of phosphoric ester groups is 1. The Kier molecular flexibility index (Phi) is 40.1. The molecule has 0 radical (unpaired) electrons. The van der Waals surface area contributed by atoms with Crippen molar-refractivity contribution in [3.63, 3.8) is 0 Å². The van der Waals surface area contributed by atoms with E-state index in [1.807, 2.05) is 0 Å². The lowest BCUT2D eigenvalue weighted by atomic mass is 10.1. The monoisotopic (exact) mass is 824 g/mol. The topological polar surface area (TPSA) is 155 Å². The van der Waals surface area contributed by atoms with Crippen molar-refractivity contribution in [3.8, 4) is 0 Å². The van der Waals surface area contributed by atoms with Gasteiger partial charge in [-0.3, -0.25) is 18.6 Å². The molecule has 0 heterocycles. The Hall–Kier alpha value is -2.33. The van der Waals surface area contributed by atoms with Crippen LogP contribution >= 0.6 is 7.82 Å². The summed E-state index contributed by atoms with van der Waals surface area (Å²) >= 11 is 0. The van der Waals surface area contributed by atoms with Crippen LogP contribution in [0.2, 0.25) is 0 Å². The smallest absolute Gasteiger partial charge is 0.472 e. The van der Waals surface area contributed by atoms with Gasteiger partial charge in [-0.2, -0.15) is 0 Å². The van der Waals surface area contributed by atoms with Gasteiger partial charge in [-0.1, -0.05) is 164 Å². The molecule has 330 valence electrons. The van der Waals surface area contributed by atoms with Gasteiger partial charge < -0.3 is 25.2 Å². The van der Waals surface area contributed by atoms with Gasteiger partial charge in [0.25, 0.3) is 0 Å². The first-order chi connectivity index (χ1) is 27.7. The Morgan fingerprint density at radius 1 is 0.579 bits per heavy atom. The van der Waals surface area contributed by atoms with E-state index in [2.05, 4.69) is 74.6 Å². The number of nitrogens with two attached hydrogens (primary N) is 1. The summed E-state index contributed by atoms with van der Waals surface area (Å²) in [6.07, 6.45) is 50.0. The molecule has 4 N–H and O–H groups in total. The predicted octanol–water partition coefficient (Wildman–Crippen LogP) is 12.4. The maximum absolute atomic E-state index is 12.6. The van der Waals surface area contributed by atoms with Crippen LogP contribution in [0.25, 0.3) is 0 Å². The maximum Gasteiger partial charge on any atom is 0.472 e. The number of aliphatic carboxylic acids is 1. The van der Waals surface area contributed by atoms with E-state index in [0.717, 1.165) is 83.5 Å². The molecule has 0 amide bonds. The normalized spacial score (nSPS) is 14.5. The number of ether oxygens (including phenoxy) is 2. The second-order valence-electron chi connectivity index (χ2n) is 14.8. The van der Waals surface area contributed by atoms with Crippen molar-refractivity contribution in [2.24, 2.45) is 5.73 Å². The van der Waals surface area contributed by atoms with Gasteiger partial charge in [0.05, 0.1) is 19.8 Å². The molecule has 0 aromatic heterocycles. The van der Waals surface area contributed by atoms with Gasteiger partial charge in [-0.05, 0) is 70.6 Å². The van der Waals surface area contributed by atoms with Gasteiger partial charge in [-0.15, -0.1) is 0 Å². The molecule has 0 rings (SSSR count). The summed E-state index contributed by atoms with van der Waals surface area (Å²) in [6.45, 7) is 3.70. The molecule has 0 saturated heterocycles. The number of esters is 1. The van der Waals surface area contributed by atoms with E-state index in [4.69, 9.17) is 29.4 Å². The van der Waals surface area contributed by atoms with Crippen molar-refractivity contribution < 1.29 is 42.7 Å². The second-order valence-corrected chi connectivity index (χ2v) is 16.2. The maximum atomic E-state index is 12.6. The van der Waals surface area contributed by atoms with E-state index < -0.39 is 45.1 Å². The van der Waals surface area contributed by atoms with Crippen molar-refractivity contribution in [2.75, 3.05) is 26.4 Å². The van der Waals surface area contributed by atoms with Gasteiger partial charge in [0, 0.05) is 13.0 Å². The zero-order valence-electron chi connectivity index (χ0n) is 35.9. The number of allylic oxidation sites excluding steroid dienone is 10. The van der Waals surface area contributed by atoms with Gasteiger partial charge in [-0.25, -0.2) is 4.57 Å². The average molecular weight is 824 g/mol. The fraction of sp³-hybridized carbons (Fsp3) is 0.739. The fourth-order valence-electron chi connectivity index (χ4n) is 5.81. The Morgan fingerprint density at radius 2 is 1.02 bits per heavy atom. The lowest BCUT2D eigenvalue weighted by Crippen LogP contribution is -2.34. The van der Waals surface area contributed by atoms with Gasteiger partial charge in [0.15, 0.2) is 0 Å². The summed E-state index contributed by atoms with van der Waals surface area (Å²) in [4.78, 5) is 33.5. The molecule has 57 heavy (non-hydrogen) atoms. The van der Waals surface area contributed by atoms with Crippen LogP contribution < -0.4 is 5.73 Å². The molecular formula is C46H82NO9P. The summed E-state index contributed by atoms with van der Waals surface area (Å²) in [5, 5.41) is 8.89. The molecule has 11 heteroatoms. The number of unbranched alkanes of at least 4 members (excludes halogenated alkanes) is 18. The summed E-state index contributed by atoms with van der Waals surface area (Å²) in [6, 6.07) is -1.48. The van der Waals surface area contributed by atoms with Gasteiger partial charge in [0.1, 0.15) is 12.1 Å². The molecule has 0 aromatic rings. The van der Waals surface area contributed by atoms with Crippen LogP contribution in [0.4, 0.5) is 0 Å². The van der Waals surface area contributed by atoms with E-state index in [9.17, 15) is 19.0 Å². The molecule has 0 aliphatic heterocycles. The SMILES string of the molecule is CC/C=C\C/C=C\C/C=C\C/C=C\CCCCCCCCCCCCCOCC(COP(=O)(O)OCC(N)C(=O)O)OC(=O)CCCCCCC/C=C\CCCC. The van der Waals surface area contributed by atoms with Crippen LogP contribution in [0.15, 0.2) is 60.8 Å². The van der Waals surface area contributed by atoms with Crippen LogP contribution in [-0.2, 0) is 32.7 Å². The van der Waals surface area contributed by atoms with Crippen molar-refractivity contribution in [1.29, 1.82) is 0 Å². The quantitative estimate of drug-likeness (QED) is 0.0234. The Labute approximate surface area is 347 Å². The zero-order chi connectivity index (χ0) is 41.9. The number of carboxylic acid groups (broad SMARTS) is 1. The minimum atomic E-state index is -4.62. The highest BCUT2D eigenvalue weighted by molar-refractivity contribution is 7.47. The van der Waals surface area contributed by atoms with Crippen LogP contribution in [0, 0.1) is 0 Å². The van der Waals surface area contributed by atoms with Gasteiger partial charge >= 0.3 is 19.8 Å². The molecule has 0 saturated carbocycles. The second kappa shape index (κ2) is 41.8. The molecule has 3 unspecified atom stereocenters. The van der Waals surface area contributed by atoms with E-state index in [1.165, 1.54) is 70.6 Å². The molecule has 0 aliphatic carbocycles. The summed E-state index contributed by atoms with van der Waals surface area (Å²) in [5.41, 5.74) is 5.35. The van der Waals surface area contributed by atoms with Crippen LogP contribution in [0.1, 0.15) is 181 Å². The number of carbonyl (C=O) groups is 2. The highest BCUT2D eigenvalue weighted by atomic mass is 31.2. The molecular weight excluding hydrogens is 741 g/mol. The van der Waals surface area contributed by atoms with Crippen LogP contribution in [0.5, 0.6) is 0 Å². The van der Waals surface area contributed by atoms with Crippen LogP contribution in [0.3, 0.4) is 0 Å². The molecule has 10 nitrogen and oxygen atoms in total. The Balaban J connectivity index is 4.12. The summed E-state index contributed by atoms with van der Waals surface area (Å²) < 4.78 is 33.3. The predicted molar refractivity (Wildman–Crippen MR) is 235 cm³/mol. The lowest BCUT2D eigenvalue weighted by molar-refractivity contribution is -0.154. The first-order valence-corrected chi connectivity index (χ1v) is 23.8. The standard InChI is InChI=1S/C46H82NO9P/c1-3-5-7-9-11-13-15-16-17-18-19-20-21-22-23-24-25-26-27-29-31-33-35-37-39-53-40-43(41-54-57(51,52)55-42-44(47)46(49)50)56-45(48)38-36-34-32-30-28-14-12-10-8-6-4-2/h5,7,10-13,16-17,19-20,43-44H,3-4,6,8-9,14-15,18,21-42,47H2,1-2H3,(H,49,50)(H,51,52)/b7-5-,12-10-,13-11-,17-16-,20-19-. The van der Waals surface area contributed by atoms with E-state index >= 15 is 0 Å². The number of hydrogen-bond donors (Lipinski definition) is 3. The van der Waals surface area contributed by atoms with Crippen molar-refractivity contribution in [1.82, 2.24) is 0 Å². The highest BCUT2D eigenvalue weighted by Gasteiger charge is 2.27. The van der Waals surface area contributed by atoms with E-state index in [-0.39, 0.29) is 13.0 Å². The third kappa shape index (κ3) is 41.6. The van der Waals surface area contributed by atoms with Crippen LogP contribution in [-0.4, -0.2) is 60.5 Å². The number of phosphoric acid groups is 1. The zero-order valence-corrected chi connectivity index (χ0v) is 36.8. The molecule has 0 fully saturated rings. The number of rotatable bonds is 42. The number of hydrogen-bond acceptors (Lipinski definition) is 8. The molecule has 0 aliphatic rings. The minimum Gasteiger partial charge on any atom is -0.480 e. The van der Waals surface area contributed by atoms with E-state index in [1.54, 1.807) is 0 Å². The van der Waals surface area contributed by atoms with Crippen molar-refractivity contribution in [2.45, 2.75) is 193 Å². The van der Waals surface area contributed by atoms with Crippen molar-refractivity contribution in [3.05, 3.63) is 60.8 Å². The number of carboxylic acids is 1. The molecule has 3 atom stereocenters. The minimum absolute atomic E-state index is 0.00952. The average Bonchev–Trinajstić information content (AvgIpc) is 3.19. The first-order valence-electron chi connectivity index (χ1n) is 22.3. The summed E-state index contributed by atoms with van der Waals surface area (Å²) in [5.74, 6) is -1.79. The first kappa shape index (κ1) is 54.7. The summed E-state index contributed by atoms with van der Waals surface area (Å²) in [7, 11) is -4.62. The molecule has 0 bridgehead atoms. The molecule has 0 spiro atoms. The molecule has 0 aromatic carbocycles. The largest absolute Gasteiger partial charge is 0.480 e. The Morgan fingerprint density at radius 3 is 1.54 bits per heavy atom.